The zero-order valence-electron chi connectivity index (χ0n) is 13.0. The first-order valence-corrected chi connectivity index (χ1v) is 7.76. The first-order chi connectivity index (χ1) is 9.58. The Morgan fingerprint density at radius 3 is 2.43 bits per heavy atom. The van der Waals surface area contributed by atoms with Gasteiger partial charge in [-0.25, -0.2) is 13.3 Å². The van der Waals surface area contributed by atoms with E-state index in [1.807, 2.05) is 20.8 Å². The molecule has 1 aromatic rings. The summed E-state index contributed by atoms with van der Waals surface area (Å²) in [5.74, 6) is -0.868. The highest BCUT2D eigenvalue weighted by Gasteiger charge is 2.35. The molecule has 4 nitrogen and oxygen atoms in total. The van der Waals surface area contributed by atoms with E-state index in [9.17, 15) is 13.4 Å². The van der Waals surface area contributed by atoms with Crippen LogP contribution in [-0.4, -0.2) is 22.0 Å². The summed E-state index contributed by atoms with van der Waals surface area (Å²) in [4.78, 5) is 11.7. The number of carbonyl (C=O) groups is 1. The van der Waals surface area contributed by atoms with E-state index in [1.54, 1.807) is 19.1 Å². The molecule has 0 bridgehead atoms. The van der Waals surface area contributed by atoms with Crippen molar-refractivity contribution in [3.8, 4) is 0 Å². The molecule has 1 aromatic carbocycles. The molecule has 0 unspecified atom stereocenters. The summed E-state index contributed by atoms with van der Waals surface area (Å²) in [6.07, 6.45) is -0.0469. The standard InChI is InChI=1S/C15H22FNO3S/c1-14(2,3)21(19)17-15(4,10-13(18)20-5)11-7-6-8-12(16)9-11/h6-9,17H,10H2,1-5H3/t15-,21+/m1/s1. The summed E-state index contributed by atoms with van der Waals surface area (Å²) in [7, 11) is -0.126. The molecule has 0 aliphatic heterocycles. The second kappa shape index (κ2) is 6.66. The van der Waals surface area contributed by atoms with E-state index < -0.39 is 33.1 Å². The number of hydrogen-bond donors (Lipinski definition) is 1. The van der Waals surface area contributed by atoms with Gasteiger partial charge in [0.15, 0.2) is 0 Å². The quantitative estimate of drug-likeness (QED) is 0.850. The van der Waals surface area contributed by atoms with Gasteiger partial charge < -0.3 is 4.74 Å². The maximum absolute atomic E-state index is 13.5. The summed E-state index contributed by atoms with van der Waals surface area (Å²) in [6, 6.07) is 5.90. The molecular formula is C15H22FNO3S. The summed E-state index contributed by atoms with van der Waals surface area (Å²) in [6.45, 7) is 7.17. The average Bonchev–Trinajstić information content (AvgIpc) is 2.37. The first kappa shape index (κ1) is 17.8. The third-order valence-electron chi connectivity index (χ3n) is 3.06. The first-order valence-electron chi connectivity index (χ1n) is 6.61. The second-order valence-corrected chi connectivity index (χ2v) is 8.04. The van der Waals surface area contributed by atoms with Gasteiger partial charge in [0.2, 0.25) is 0 Å². The fourth-order valence-electron chi connectivity index (χ4n) is 1.75. The SMILES string of the molecule is COC(=O)C[C@@](C)(N[S@@](=O)C(C)(C)C)c1cccc(F)c1. The van der Waals surface area contributed by atoms with Crippen molar-refractivity contribution in [2.24, 2.45) is 0 Å². The van der Waals surface area contributed by atoms with E-state index in [4.69, 9.17) is 4.74 Å². The van der Waals surface area contributed by atoms with Crippen LogP contribution in [-0.2, 0) is 26.1 Å². The van der Waals surface area contributed by atoms with Crippen LogP contribution in [0.5, 0.6) is 0 Å². The zero-order chi connectivity index (χ0) is 16.3. The minimum atomic E-state index is -1.41. The lowest BCUT2D eigenvalue weighted by molar-refractivity contribution is -0.142. The van der Waals surface area contributed by atoms with E-state index in [-0.39, 0.29) is 6.42 Å². The van der Waals surface area contributed by atoms with Gasteiger partial charge in [0, 0.05) is 0 Å². The van der Waals surface area contributed by atoms with Gasteiger partial charge in [0.05, 0.1) is 34.8 Å². The number of nitrogens with one attached hydrogen (secondary N) is 1. The Bertz CT molecular complexity index is 542. The van der Waals surface area contributed by atoms with Crippen molar-refractivity contribution in [2.45, 2.75) is 44.4 Å². The van der Waals surface area contributed by atoms with Gasteiger partial charge in [-0.15, -0.1) is 0 Å². The Morgan fingerprint density at radius 1 is 1.33 bits per heavy atom. The highest BCUT2D eigenvalue weighted by molar-refractivity contribution is 7.84. The van der Waals surface area contributed by atoms with Gasteiger partial charge in [0.25, 0.3) is 0 Å². The molecule has 0 fully saturated rings. The minimum Gasteiger partial charge on any atom is -0.469 e. The molecule has 0 radical (unpaired) electrons. The molecule has 0 amide bonds. The Morgan fingerprint density at radius 2 is 1.95 bits per heavy atom. The highest BCUT2D eigenvalue weighted by atomic mass is 32.2. The molecule has 1 N–H and O–H groups in total. The van der Waals surface area contributed by atoms with Crippen LogP contribution in [0.4, 0.5) is 4.39 Å². The van der Waals surface area contributed by atoms with E-state index in [2.05, 4.69) is 4.72 Å². The summed E-state index contributed by atoms with van der Waals surface area (Å²) < 4.78 is 33.0. The molecule has 0 spiro atoms. The van der Waals surface area contributed by atoms with Gasteiger partial charge in [-0.05, 0) is 45.4 Å². The summed E-state index contributed by atoms with van der Waals surface area (Å²) >= 11 is 0. The van der Waals surface area contributed by atoms with Crippen molar-refractivity contribution >= 4 is 17.0 Å². The number of methoxy groups -OCH3 is 1. The molecule has 0 aliphatic carbocycles. The molecular weight excluding hydrogens is 293 g/mol. The predicted octanol–water partition coefficient (Wildman–Crippen LogP) is 2.66. The largest absolute Gasteiger partial charge is 0.469 e. The number of hydrogen-bond acceptors (Lipinski definition) is 3. The van der Waals surface area contributed by atoms with E-state index >= 15 is 0 Å². The smallest absolute Gasteiger partial charge is 0.307 e. The lowest BCUT2D eigenvalue weighted by atomic mass is 9.90. The lowest BCUT2D eigenvalue weighted by Crippen LogP contribution is -2.47. The maximum Gasteiger partial charge on any atom is 0.307 e. The Kier molecular flexibility index (Phi) is 5.64. The van der Waals surface area contributed by atoms with Crippen molar-refractivity contribution in [3.63, 3.8) is 0 Å². The van der Waals surface area contributed by atoms with Crippen LogP contribution in [0.3, 0.4) is 0 Å². The van der Waals surface area contributed by atoms with Gasteiger partial charge in [-0.3, -0.25) is 4.79 Å². The highest BCUT2D eigenvalue weighted by Crippen LogP contribution is 2.28. The van der Waals surface area contributed by atoms with Gasteiger partial charge in [-0.2, -0.15) is 0 Å². The van der Waals surface area contributed by atoms with Crippen LogP contribution < -0.4 is 4.72 Å². The van der Waals surface area contributed by atoms with Crippen molar-refractivity contribution in [3.05, 3.63) is 35.6 Å². The van der Waals surface area contributed by atoms with Crippen molar-refractivity contribution < 1.29 is 18.1 Å². The van der Waals surface area contributed by atoms with E-state index in [0.717, 1.165) is 0 Å². The molecule has 6 heteroatoms. The van der Waals surface area contributed by atoms with Crippen LogP contribution in [0.1, 0.15) is 39.7 Å². The number of ether oxygens (including phenoxy) is 1. The summed E-state index contributed by atoms with van der Waals surface area (Å²) in [5.41, 5.74) is -0.432. The number of halogens is 1. The van der Waals surface area contributed by atoms with Gasteiger partial charge in [0.1, 0.15) is 5.82 Å². The summed E-state index contributed by atoms with van der Waals surface area (Å²) in [5, 5.41) is 0. The zero-order valence-corrected chi connectivity index (χ0v) is 13.8. The van der Waals surface area contributed by atoms with Crippen molar-refractivity contribution in [2.75, 3.05) is 7.11 Å². The number of benzene rings is 1. The topological polar surface area (TPSA) is 55.4 Å². The third-order valence-corrected chi connectivity index (χ3v) is 4.81. The molecule has 0 saturated heterocycles. The Hall–Kier alpha value is -1.27. The van der Waals surface area contributed by atoms with Crippen LogP contribution in [0.2, 0.25) is 0 Å². The second-order valence-electron chi connectivity index (χ2n) is 6.08. The Balaban J connectivity index is 3.17. The normalized spacial score (nSPS) is 16.1. The fourth-order valence-corrected chi connectivity index (χ4v) is 2.65. The molecule has 0 aliphatic rings. The average molecular weight is 315 g/mol. The van der Waals surface area contributed by atoms with Gasteiger partial charge >= 0.3 is 5.97 Å². The predicted molar refractivity (Wildman–Crippen MR) is 81.4 cm³/mol. The molecule has 0 saturated carbocycles. The van der Waals surface area contributed by atoms with Crippen molar-refractivity contribution in [1.29, 1.82) is 0 Å². The van der Waals surface area contributed by atoms with Crippen LogP contribution in [0.25, 0.3) is 0 Å². The molecule has 0 aromatic heterocycles. The molecule has 0 heterocycles. The van der Waals surface area contributed by atoms with Gasteiger partial charge in [-0.1, -0.05) is 12.1 Å². The maximum atomic E-state index is 13.5. The van der Waals surface area contributed by atoms with Crippen molar-refractivity contribution in [1.82, 2.24) is 4.72 Å². The van der Waals surface area contributed by atoms with Crippen LogP contribution in [0.15, 0.2) is 24.3 Å². The molecule has 21 heavy (non-hydrogen) atoms. The number of esters is 1. The van der Waals surface area contributed by atoms with Crippen LogP contribution in [0, 0.1) is 5.82 Å². The molecule has 1 rings (SSSR count). The Labute approximate surface area is 127 Å². The fraction of sp³-hybridized carbons (Fsp3) is 0.533. The molecule has 2 atom stereocenters. The number of rotatable bonds is 5. The number of carbonyl (C=O) groups excluding carboxylic acids is 1. The van der Waals surface area contributed by atoms with E-state index in [1.165, 1.54) is 19.2 Å². The monoisotopic (exact) mass is 315 g/mol. The van der Waals surface area contributed by atoms with Crippen LogP contribution >= 0.6 is 0 Å². The molecule has 118 valence electrons. The lowest BCUT2D eigenvalue weighted by Gasteiger charge is -2.33. The third kappa shape index (κ3) is 4.89. The minimum absolute atomic E-state index is 0.0469. The van der Waals surface area contributed by atoms with E-state index in [0.29, 0.717) is 5.56 Å².